The summed E-state index contributed by atoms with van der Waals surface area (Å²) < 4.78 is 15.6. The maximum atomic E-state index is 13.4. The largest absolute Gasteiger partial charge is 0.353 e. The number of benzene rings is 3. The minimum atomic E-state index is -0.219. The maximum Gasteiger partial charge on any atom is 0.237 e. The number of thioether (sulfide) groups is 1. The third-order valence-electron chi connectivity index (χ3n) is 7.73. The van der Waals surface area contributed by atoms with Gasteiger partial charge >= 0.3 is 0 Å². The minimum Gasteiger partial charge on any atom is -0.353 e. The zero-order chi connectivity index (χ0) is 26.6. The third kappa shape index (κ3) is 7.55. The first kappa shape index (κ1) is 31.2. The van der Waals surface area contributed by atoms with Crippen molar-refractivity contribution in [3.8, 4) is 0 Å². The van der Waals surface area contributed by atoms with E-state index in [1.165, 1.54) is 17.0 Å². The number of fused-ring (bicyclic) bond motifs is 2. The van der Waals surface area contributed by atoms with Crippen molar-refractivity contribution in [2.45, 2.75) is 54.8 Å². The second kappa shape index (κ2) is 14.4. The van der Waals surface area contributed by atoms with E-state index in [9.17, 15) is 9.18 Å². The summed E-state index contributed by atoms with van der Waals surface area (Å²) in [5.74, 6) is 0.795. The average molecular weight is 617 g/mol. The van der Waals surface area contributed by atoms with Crippen LogP contribution in [0.5, 0.6) is 0 Å². The van der Waals surface area contributed by atoms with Crippen LogP contribution in [-0.2, 0) is 11.3 Å². The van der Waals surface area contributed by atoms with Crippen molar-refractivity contribution in [1.82, 2.24) is 14.5 Å². The number of unbranched alkanes of at least 4 members (excludes halogenated alkanes) is 1. The predicted octanol–water partition coefficient (Wildman–Crippen LogP) is 7.23. The molecule has 218 valence electrons. The Balaban J connectivity index is 0.00000194. The molecule has 1 saturated heterocycles. The normalized spacial score (nSPS) is 17.3. The van der Waals surface area contributed by atoms with Gasteiger partial charge < -0.3 is 20.1 Å². The summed E-state index contributed by atoms with van der Waals surface area (Å²) in [4.78, 5) is 21.1. The fourth-order valence-electron chi connectivity index (χ4n) is 5.55. The van der Waals surface area contributed by atoms with Crippen LogP contribution in [0.1, 0.15) is 37.7 Å². The van der Waals surface area contributed by atoms with Gasteiger partial charge in [-0.2, -0.15) is 0 Å². The molecule has 1 fully saturated rings. The van der Waals surface area contributed by atoms with Gasteiger partial charge in [0.1, 0.15) is 5.82 Å². The second-order valence-corrected chi connectivity index (χ2v) is 11.7. The molecule has 1 unspecified atom stereocenters. The number of hydrogen-bond acceptors (Lipinski definition) is 5. The van der Waals surface area contributed by atoms with Gasteiger partial charge in [-0.25, -0.2) is 9.37 Å². The van der Waals surface area contributed by atoms with Crippen LogP contribution in [0.2, 0.25) is 0 Å². The lowest BCUT2D eigenvalue weighted by molar-refractivity contribution is -0.115. The van der Waals surface area contributed by atoms with Crippen molar-refractivity contribution >= 4 is 65.2 Å². The molecule has 1 amide bonds. The number of hydrogen-bond donors (Lipinski definition) is 2. The van der Waals surface area contributed by atoms with Gasteiger partial charge in [0, 0.05) is 24.0 Å². The first-order valence-corrected chi connectivity index (χ1v) is 14.8. The number of likely N-dealkylation sites (tertiary alicyclic amines) is 1. The molecule has 10 heteroatoms. The topological polar surface area (TPSA) is 62.2 Å². The van der Waals surface area contributed by atoms with Gasteiger partial charge in [-0.05, 0) is 74.2 Å². The van der Waals surface area contributed by atoms with Crippen LogP contribution in [0.3, 0.4) is 0 Å². The molecule has 2 aliphatic heterocycles. The molecule has 1 atom stereocenters. The number of halogens is 3. The highest BCUT2D eigenvalue weighted by Gasteiger charge is 2.26. The zero-order valence-corrected chi connectivity index (χ0v) is 25.2. The Morgan fingerprint density at radius 2 is 1.68 bits per heavy atom. The quantitative estimate of drug-likeness (QED) is 0.195. The van der Waals surface area contributed by atoms with Gasteiger partial charge in [-0.1, -0.05) is 42.8 Å². The molecule has 0 spiro atoms. The van der Waals surface area contributed by atoms with E-state index >= 15 is 0 Å². The highest BCUT2D eigenvalue weighted by atomic mass is 35.5. The van der Waals surface area contributed by atoms with Crippen molar-refractivity contribution < 1.29 is 9.18 Å². The minimum absolute atomic E-state index is 0. The number of para-hydroxylation sites is 3. The van der Waals surface area contributed by atoms with E-state index in [0.29, 0.717) is 12.6 Å². The summed E-state index contributed by atoms with van der Waals surface area (Å²) in [5, 5.41) is 6.78. The molecule has 0 radical (unpaired) electrons. The highest BCUT2D eigenvalue weighted by molar-refractivity contribution is 8.01. The van der Waals surface area contributed by atoms with Crippen molar-refractivity contribution in [1.29, 1.82) is 0 Å². The van der Waals surface area contributed by atoms with E-state index < -0.39 is 0 Å². The van der Waals surface area contributed by atoms with Crippen LogP contribution >= 0.6 is 36.6 Å². The van der Waals surface area contributed by atoms with Crippen molar-refractivity contribution in [3.05, 3.63) is 84.2 Å². The van der Waals surface area contributed by atoms with Crippen LogP contribution < -0.4 is 10.6 Å². The number of aromatic nitrogens is 2. The average Bonchev–Trinajstić information content (AvgIpc) is 3.30. The van der Waals surface area contributed by atoms with Gasteiger partial charge in [-0.15, -0.1) is 36.6 Å². The van der Waals surface area contributed by atoms with E-state index in [1.807, 2.05) is 48.5 Å². The molecule has 3 aromatic carbocycles. The number of amides is 1. The van der Waals surface area contributed by atoms with Gasteiger partial charge in [0.2, 0.25) is 11.9 Å². The molecule has 41 heavy (non-hydrogen) atoms. The lowest BCUT2D eigenvalue weighted by Gasteiger charge is -2.32. The number of rotatable bonds is 9. The van der Waals surface area contributed by atoms with E-state index in [0.717, 1.165) is 80.0 Å². The Morgan fingerprint density at radius 1 is 0.951 bits per heavy atom. The SMILES string of the molecule is Cl.Cl.O=C1Nc2ccccc2SC1CCCCN1CCC(Nc2nc3ccccc3n2Cc2ccc(F)cc2)CC1. The van der Waals surface area contributed by atoms with E-state index in [-0.39, 0.29) is 41.8 Å². The molecule has 2 aliphatic rings. The smallest absolute Gasteiger partial charge is 0.237 e. The maximum absolute atomic E-state index is 13.4. The summed E-state index contributed by atoms with van der Waals surface area (Å²) in [6.07, 6.45) is 5.21. The monoisotopic (exact) mass is 615 g/mol. The second-order valence-electron chi connectivity index (χ2n) is 10.5. The van der Waals surface area contributed by atoms with Crippen LogP contribution in [0.4, 0.5) is 16.0 Å². The standard InChI is InChI=1S/C31H34FN5OS.2ClH/c32-23-14-12-22(13-15-23)21-37-27-9-3-1-7-25(27)35-31(37)33-24-16-19-36(20-17-24)18-6-5-11-29-30(38)34-26-8-2-4-10-28(26)39-29;;/h1-4,7-10,12-15,24,29H,5-6,11,16-21H2,(H,33,35)(H,34,38);2*1H. The molecule has 4 aromatic rings. The number of carbonyl (C=O) groups excluding carboxylic acids is 1. The number of anilines is 2. The van der Waals surface area contributed by atoms with Gasteiger partial charge in [0.05, 0.1) is 28.5 Å². The molecule has 0 bridgehead atoms. The van der Waals surface area contributed by atoms with Gasteiger partial charge in [0.25, 0.3) is 0 Å². The van der Waals surface area contributed by atoms with Crippen molar-refractivity contribution in [2.24, 2.45) is 0 Å². The fourth-order valence-corrected chi connectivity index (χ4v) is 6.71. The third-order valence-corrected chi connectivity index (χ3v) is 9.07. The fraction of sp³-hybridized carbons (Fsp3) is 0.355. The number of nitrogens with zero attached hydrogens (tertiary/aromatic N) is 3. The Kier molecular flexibility index (Phi) is 10.9. The number of piperidine rings is 1. The summed E-state index contributed by atoms with van der Waals surface area (Å²) in [6, 6.07) is 23.3. The van der Waals surface area contributed by atoms with Crippen LogP contribution in [0.25, 0.3) is 11.0 Å². The molecular weight excluding hydrogens is 580 g/mol. The summed E-state index contributed by atoms with van der Waals surface area (Å²) >= 11 is 1.70. The first-order valence-electron chi connectivity index (χ1n) is 13.9. The van der Waals surface area contributed by atoms with Crippen LogP contribution in [-0.4, -0.2) is 51.3 Å². The Labute approximate surface area is 257 Å². The van der Waals surface area contributed by atoms with E-state index in [2.05, 4.69) is 32.2 Å². The Bertz CT molecular complexity index is 1440. The van der Waals surface area contributed by atoms with Crippen LogP contribution in [0, 0.1) is 5.82 Å². The lowest BCUT2D eigenvalue weighted by atomic mass is 10.0. The van der Waals surface area contributed by atoms with Crippen molar-refractivity contribution in [3.63, 3.8) is 0 Å². The summed E-state index contributed by atoms with van der Waals surface area (Å²) in [7, 11) is 0. The Hall–Kier alpha value is -2.78. The van der Waals surface area contributed by atoms with Gasteiger partial charge in [0.15, 0.2) is 0 Å². The molecule has 3 heterocycles. The molecule has 6 nitrogen and oxygen atoms in total. The molecule has 2 N–H and O–H groups in total. The lowest BCUT2D eigenvalue weighted by Crippen LogP contribution is -2.40. The van der Waals surface area contributed by atoms with Gasteiger partial charge in [-0.3, -0.25) is 4.79 Å². The molecule has 0 aliphatic carbocycles. The van der Waals surface area contributed by atoms with Crippen LogP contribution in [0.15, 0.2) is 77.7 Å². The number of nitrogens with one attached hydrogen (secondary N) is 2. The zero-order valence-electron chi connectivity index (χ0n) is 22.8. The summed E-state index contributed by atoms with van der Waals surface area (Å²) in [5.41, 5.74) is 4.03. The number of carbonyl (C=O) groups is 1. The van der Waals surface area contributed by atoms with Crippen molar-refractivity contribution in [2.75, 3.05) is 30.3 Å². The molecule has 1 aromatic heterocycles. The van der Waals surface area contributed by atoms with E-state index in [1.54, 1.807) is 11.8 Å². The molecule has 6 rings (SSSR count). The first-order chi connectivity index (χ1) is 19.1. The highest BCUT2D eigenvalue weighted by Crippen LogP contribution is 2.37. The molecular formula is C31H36Cl2FN5OS. The predicted molar refractivity (Wildman–Crippen MR) is 171 cm³/mol. The number of imidazole rings is 1. The molecule has 0 saturated carbocycles. The van der Waals surface area contributed by atoms with E-state index in [4.69, 9.17) is 4.98 Å². The Morgan fingerprint density at radius 3 is 2.49 bits per heavy atom. The summed E-state index contributed by atoms with van der Waals surface area (Å²) in [6.45, 7) is 3.83.